The summed E-state index contributed by atoms with van der Waals surface area (Å²) in [4.78, 5) is 2.65. The van der Waals surface area contributed by atoms with Crippen LogP contribution in [0.2, 0.25) is 0 Å². The molecule has 0 radical (unpaired) electrons. The zero-order chi connectivity index (χ0) is 12.3. The molecule has 1 unspecified atom stereocenters. The Morgan fingerprint density at radius 3 is 2.71 bits per heavy atom. The number of hydrogen-bond acceptors (Lipinski definition) is 3. The Balaban J connectivity index is 1.70. The zero-order valence-electron chi connectivity index (χ0n) is 11.7. The molecule has 100 valence electrons. The van der Waals surface area contributed by atoms with Gasteiger partial charge in [0.05, 0.1) is 5.60 Å². The number of likely N-dealkylation sites (tertiary alicyclic amines) is 1. The maximum atomic E-state index is 5.50. The normalized spacial score (nSPS) is 26.6. The fraction of sp³-hybridized carbons (Fsp3) is 1.00. The largest absolute Gasteiger partial charge is 0.379 e. The second-order valence-corrected chi connectivity index (χ2v) is 6.23. The lowest BCUT2D eigenvalue weighted by Gasteiger charge is -2.29. The van der Waals surface area contributed by atoms with Gasteiger partial charge >= 0.3 is 0 Å². The molecule has 2 rings (SSSR count). The molecule has 2 fully saturated rings. The highest BCUT2D eigenvalue weighted by Gasteiger charge is 2.28. The van der Waals surface area contributed by atoms with Crippen molar-refractivity contribution in [1.29, 1.82) is 0 Å². The van der Waals surface area contributed by atoms with Crippen molar-refractivity contribution < 1.29 is 4.74 Å². The third-order valence-corrected chi connectivity index (χ3v) is 4.27. The summed E-state index contributed by atoms with van der Waals surface area (Å²) in [5.41, 5.74) is 0.0249. The van der Waals surface area contributed by atoms with Gasteiger partial charge in [0.1, 0.15) is 0 Å². The van der Waals surface area contributed by atoms with E-state index in [-0.39, 0.29) is 5.60 Å². The van der Waals surface area contributed by atoms with Gasteiger partial charge in [-0.1, -0.05) is 0 Å². The lowest BCUT2D eigenvalue weighted by Crippen LogP contribution is -2.41. The number of hydrogen-bond donors (Lipinski definition) is 1. The molecule has 1 N–H and O–H groups in total. The highest BCUT2D eigenvalue weighted by Crippen LogP contribution is 2.23. The van der Waals surface area contributed by atoms with Crippen LogP contribution in [0.1, 0.15) is 46.0 Å². The summed E-state index contributed by atoms with van der Waals surface area (Å²) >= 11 is 0. The molecule has 1 aliphatic carbocycles. The minimum atomic E-state index is 0.0249. The maximum absolute atomic E-state index is 5.50. The van der Waals surface area contributed by atoms with Crippen LogP contribution in [0.3, 0.4) is 0 Å². The van der Waals surface area contributed by atoms with Crippen molar-refractivity contribution in [3.8, 4) is 0 Å². The molecule has 0 bridgehead atoms. The van der Waals surface area contributed by atoms with E-state index >= 15 is 0 Å². The van der Waals surface area contributed by atoms with E-state index in [1.54, 1.807) is 0 Å². The molecule has 1 heterocycles. The van der Waals surface area contributed by atoms with E-state index in [0.717, 1.165) is 18.5 Å². The molecular formula is C14H28N2O. The van der Waals surface area contributed by atoms with Crippen LogP contribution < -0.4 is 5.32 Å². The van der Waals surface area contributed by atoms with E-state index in [2.05, 4.69) is 24.1 Å². The van der Waals surface area contributed by atoms with Crippen LogP contribution in [0.5, 0.6) is 0 Å². The van der Waals surface area contributed by atoms with E-state index in [9.17, 15) is 0 Å². The molecular weight excluding hydrogens is 212 g/mol. The molecule has 1 atom stereocenters. The van der Waals surface area contributed by atoms with Gasteiger partial charge in [0, 0.05) is 32.3 Å². The molecule has 1 aliphatic heterocycles. The van der Waals surface area contributed by atoms with Crippen molar-refractivity contribution in [2.24, 2.45) is 0 Å². The first kappa shape index (κ1) is 13.3. The molecule has 0 aromatic rings. The van der Waals surface area contributed by atoms with Gasteiger partial charge in [-0.15, -0.1) is 0 Å². The molecule has 1 saturated carbocycles. The molecule has 0 aromatic carbocycles. The van der Waals surface area contributed by atoms with Gasteiger partial charge in [0.15, 0.2) is 0 Å². The van der Waals surface area contributed by atoms with Crippen LogP contribution in [-0.4, -0.2) is 49.3 Å². The second-order valence-electron chi connectivity index (χ2n) is 6.23. The number of nitrogens with zero attached hydrogens (tertiary/aromatic N) is 1. The van der Waals surface area contributed by atoms with E-state index in [4.69, 9.17) is 4.74 Å². The molecule has 0 aromatic heterocycles. The third kappa shape index (κ3) is 4.23. The van der Waals surface area contributed by atoms with Crippen molar-refractivity contribution >= 4 is 0 Å². The van der Waals surface area contributed by atoms with Crippen molar-refractivity contribution in [3.05, 3.63) is 0 Å². The Morgan fingerprint density at radius 2 is 2.06 bits per heavy atom. The quantitative estimate of drug-likeness (QED) is 0.737. The summed E-state index contributed by atoms with van der Waals surface area (Å²) in [5, 5.41) is 3.67. The van der Waals surface area contributed by atoms with Gasteiger partial charge in [0.25, 0.3) is 0 Å². The van der Waals surface area contributed by atoms with E-state index < -0.39 is 0 Å². The topological polar surface area (TPSA) is 24.5 Å². The Morgan fingerprint density at radius 1 is 1.29 bits per heavy atom. The summed E-state index contributed by atoms with van der Waals surface area (Å²) in [5.74, 6) is 0. The number of ether oxygens (including phenoxy) is 1. The van der Waals surface area contributed by atoms with Crippen LogP contribution in [0, 0.1) is 0 Å². The van der Waals surface area contributed by atoms with Crippen molar-refractivity contribution in [2.75, 3.05) is 26.7 Å². The number of methoxy groups -OCH3 is 1. The van der Waals surface area contributed by atoms with Crippen LogP contribution in [0.4, 0.5) is 0 Å². The first-order chi connectivity index (χ1) is 8.11. The fourth-order valence-electron chi connectivity index (χ4n) is 2.53. The monoisotopic (exact) mass is 240 g/mol. The molecule has 1 saturated heterocycles. The van der Waals surface area contributed by atoms with Crippen LogP contribution >= 0.6 is 0 Å². The lowest BCUT2D eigenvalue weighted by molar-refractivity contribution is 0.00651. The van der Waals surface area contributed by atoms with E-state index in [0.29, 0.717) is 0 Å². The van der Waals surface area contributed by atoms with Gasteiger partial charge in [0.2, 0.25) is 0 Å². The molecule has 3 heteroatoms. The van der Waals surface area contributed by atoms with Gasteiger partial charge in [-0.25, -0.2) is 0 Å². The Hall–Kier alpha value is -0.120. The zero-order valence-corrected chi connectivity index (χ0v) is 11.7. The molecule has 3 nitrogen and oxygen atoms in total. The Kier molecular flexibility index (Phi) is 4.45. The summed E-state index contributed by atoms with van der Waals surface area (Å²) < 4.78 is 5.50. The minimum absolute atomic E-state index is 0.0249. The van der Waals surface area contributed by atoms with Gasteiger partial charge in [-0.3, -0.25) is 4.90 Å². The summed E-state index contributed by atoms with van der Waals surface area (Å²) in [6.45, 7) is 8.01. The van der Waals surface area contributed by atoms with Crippen molar-refractivity contribution in [1.82, 2.24) is 10.2 Å². The first-order valence-electron chi connectivity index (χ1n) is 7.13. The molecule has 0 spiro atoms. The minimum Gasteiger partial charge on any atom is -0.379 e. The number of rotatable bonds is 7. The number of nitrogens with one attached hydrogen (secondary N) is 1. The maximum Gasteiger partial charge on any atom is 0.0634 e. The molecule has 0 amide bonds. The summed E-state index contributed by atoms with van der Waals surface area (Å²) in [6.07, 6.45) is 6.65. The van der Waals surface area contributed by atoms with Crippen LogP contribution in [0.25, 0.3) is 0 Å². The van der Waals surface area contributed by atoms with E-state index in [1.165, 1.54) is 45.3 Å². The smallest absolute Gasteiger partial charge is 0.0634 e. The molecule has 17 heavy (non-hydrogen) atoms. The average molecular weight is 240 g/mol. The fourth-order valence-corrected chi connectivity index (χ4v) is 2.53. The summed E-state index contributed by atoms with van der Waals surface area (Å²) in [7, 11) is 1.82. The van der Waals surface area contributed by atoms with Crippen LogP contribution in [-0.2, 0) is 4.74 Å². The SMILES string of the molecule is COC(C)(C)CCN1CCCC1CNC1CC1. The summed E-state index contributed by atoms with van der Waals surface area (Å²) in [6, 6.07) is 1.61. The predicted octanol–water partition coefficient (Wildman–Crippen LogP) is 2.02. The Labute approximate surface area is 106 Å². The lowest BCUT2D eigenvalue weighted by atomic mass is 10.0. The highest BCUT2D eigenvalue weighted by atomic mass is 16.5. The van der Waals surface area contributed by atoms with Crippen LogP contribution in [0.15, 0.2) is 0 Å². The molecule has 2 aliphatic rings. The third-order valence-electron chi connectivity index (χ3n) is 4.27. The van der Waals surface area contributed by atoms with E-state index in [1.807, 2.05) is 7.11 Å². The highest BCUT2D eigenvalue weighted by molar-refractivity contribution is 4.87. The predicted molar refractivity (Wildman–Crippen MR) is 71.3 cm³/mol. The van der Waals surface area contributed by atoms with Crippen molar-refractivity contribution in [3.63, 3.8) is 0 Å². The Bertz CT molecular complexity index is 238. The second kappa shape index (κ2) is 5.68. The first-order valence-corrected chi connectivity index (χ1v) is 7.13. The van der Waals surface area contributed by atoms with Gasteiger partial charge < -0.3 is 10.1 Å². The van der Waals surface area contributed by atoms with Gasteiger partial charge in [-0.05, 0) is 52.5 Å². The average Bonchev–Trinajstić information content (AvgIpc) is 3.03. The van der Waals surface area contributed by atoms with Gasteiger partial charge in [-0.2, -0.15) is 0 Å². The standard InChI is InChI=1S/C14H28N2O/c1-14(2,17-3)8-10-16-9-4-5-13(16)11-15-12-6-7-12/h12-13,15H,4-11H2,1-3H3. The van der Waals surface area contributed by atoms with Crippen molar-refractivity contribution in [2.45, 2.75) is 63.6 Å².